The average Bonchev–Trinajstić information content (AvgIpc) is 3.23. The highest BCUT2D eigenvalue weighted by Gasteiger charge is 2.43. The third-order valence-electron chi connectivity index (χ3n) is 4.62. The van der Waals surface area contributed by atoms with Crippen molar-refractivity contribution in [1.29, 1.82) is 0 Å². The molecule has 1 atom stereocenters. The van der Waals surface area contributed by atoms with Crippen LogP contribution in [0, 0.1) is 19.7 Å². The summed E-state index contributed by atoms with van der Waals surface area (Å²) in [6, 6.07) is 8.24. The molecule has 1 unspecified atom stereocenters. The molecule has 3 aromatic rings. The summed E-state index contributed by atoms with van der Waals surface area (Å²) >= 11 is 2.91. The van der Waals surface area contributed by atoms with Crippen LogP contribution < -0.4 is 0 Å². The van der Waals surface area contributed by atoms with Crippen molar-refractivity contribution in [3.05, 3.63) is 53.2 Å². The Balaban J connectivity index is 1.53. The van der Waals surface area contributed by atoms with Crippen molar-refractivity contribution in [1.82, 2.24) is 15.0 Å². The first-order chi connectivity index (χ1) is 13.8. The first kappa shape index (κ1) is 19.9. The lowest BCUT2D eigenvalue weighted by Gasteiger charge is -2.19. The molecule has 0 saturated heterocycles. The summed E-state index contributed by atoms with van der Waals surface area (Å²) < 4.78 is 13.4. The molecule has 1 aromatic carbocycles. The highest BCUT2D eigenvalue weighted by atomic mass is 32.2. The number of fused-ring (bicyclic) bond motifs is 1. The summed E-state index contributed by atoms with van der Waals surface area (Å²) in [6.45, 7) is 3.84. The number of halogens is 1. The minimum atomic E-state index is -1.23. The third kappa shape index (κ3) is 4.30. The molecule has 0 spiro atoms. The second-order valence-corrected chi connectivity index (χ2v) is 9.05. The van der Waals surface area contributed by atoms with Gasteiger partial charge in [0.15, 0.2) is 10.7 Å². The number of hydrogen-bond donors (Lipinski definition) is 2. The Bertz CT molecular complexity index is 1110. The summed E-state index contributed by atoms with van der Waals surface area (Å²) in [5, 5.41) is 12.2. The zero-order valence-corrected chi connectivity index (χ0v) is 17.5. The van der Waals surface area contributed by atoms with Crippen LogP contribution in [0.1, 0.15) is 17.1 Å². The van der Waals surface area contributed by atoms with E-state index in [0.717, 1.165) is 27.5 Å². The maximum atomic E-state index is 13.4. The van der Waals surface area contributed by atoms with E-state index in [9.17, 15) is 14.3 Å². The molecule has 0 fully saturated rings. The molecule has 1 aliphatic rings. The first-order valence-corrected chi connectivity index (χ1v) is 11.0. The smallest absolute Gasteiger partial charge is 0.332 e. The van der Waals surface area contributed by atoms with Gasteiger partial charge in [-0.15, -0.1) is 11.8 Å². The van der Waals surface area contributed by atoms with Gasteiger partial charge in [-0.25, -0.2) is 19.2 Å². The van der Waals surface area contributed by atoms with Gasteiger partial charge in [-0.1, -0.05) is 11.8 Å². The van der Waals surface area contributed by atoms with Crippen LogP contribution in [-0.2, 0) is 11.2 Å². The molecule has 29 heavy (non-hydrogen) atoms. The molecule has 150 valence electrons. The van der Waals surface area contributed by atoms with Gasteiger partial charge in [-0.2, -0.15) is 0 Å². The van der Waals surface area contributed by atoms with Gasteiger partial charge in [-0.3, -0.25) is 4.99 Å². The lowest BCUT2D eigenvalue weighted by Crippen LogP contribution is -2.39. The van der Waals surface area contributed by atoms with Crippen molar-refractivity contribution in [3.63, 3.8) is 0 Å². The lowest BCUT2D eigenvalue weighted by molar-refractivity contribution is -0.142. The first-order valence-electron chi connectivity index (χ1n) is 9.00. The van der Waals surface area contributed by atoms with E-state index in [-0.39, 0.29) is 12.2 Å². The number of aromatic amines is 1. The zero-order valence-electron chi connectivity index (χ0n) is 15.9. The average molecular weight is 431 g/mol. The number of aryl methyl sites for hydroxylation is 2. The molecule has 0 saturated carbocycles. The number of aliphatic carboxylic acids is 1. The Morgan fingerprint density at radius 2 is 2.03 bits per heavy atom. The maximum absolute atomic E-state index is 13.4. The van der Waals surface area contributed by atoms with Gasteiger partial charge in [-0.05, 0) is 49.6 Å². The number of hydrogen-bond acceptors (Lipinski definition) is 6. The highest BCUT2D eigenvalue weighted by molar-refractivity contribution is 8.16. The van der Waals surface area contributed by atoms with E-state index in [1.54, 1.807) is 6.07 Å². The maximum Gasteiger partial charge on any atom is 0.332 e. The van der Waals surface area contributed by atoms with Gasteiger partial charge in [0.25, 0.3) is 0 Å². The predicted octanol–water partition coefficient (Wildman–Crippen LogP) is 4.02. The molecule has 6 nitrogen and oxygen atoms in total. The molecule has 0 amide bonds. The van der Waals surface area contributed by atoms with Crippen molar-refractivity contribution >= 4 is 45.4 Å². The molecule has 3 heterocycles. The number of rotatable bonds is 6. The van der Waals surface area contributed by atoms with Gasteiger partial charge >= 0.3 is 5.97 Å². The monoisotopic (exact) mass is 430 g/mol. The Morgan fingerprint density at radius 1 is 1.28 bits per heavy atom. The summed E-state index contributed by atoms with van der Waals surface area (Å²) in [7, 11) is 0. The minimum Gasteiger partial charge on any atom is -0.479 e. The predicted molar refractivity (Wildman–Crippen MR) is 114 cm³/mol. The summed E-state index contributed by atoms with van der Waals surface area (Å²) in [5.74, 6) is -0.408. The van der Waals surface area contributed by atoms with Crippen molar-refractivity contribution in [2.45, 2.75) is 31.0 Å². The number of thioether (sulfide) groups is 2. The van der Waals surface area contributed by atoms with E-state index >= 15 is 0 Å². The van der Waals surface area contributed by atoms with Crippen LogP contribution in [0.5, 0.6) is 0 Å². The van der Waals surface area contributed by atoms with Gasteiger partial charge in [0, 0.05) is 40.5 Å². The fourth-order valence-corrected chi connectivity index (χ4v) is 5.49. The fraction of sp³-hybridized carbons (Fsp3) is 0.300. The zero-order chi connectivity index (χ0) is 20.6. The second-order valence-electron chi connectivity index (χ2n) is 7.06. The number of aliphatic imine (C=N–C) groups is 1. The summed E-state index contributed by atoms with van der Waals surface area (Å²) in [5.41, 5.74) is 1.94. The van der Waals surface area contributed by atoms with E-state index in [4.69, 9.17) is 0 Å². The Kier molecular flexibility index (Phi) is 5.35. The van der Waals surface area contributed by atoms with Crippen molar-refractivity contribution in [2.24, 2.45) is 4.99 Å². The quantitative estimate of drug-likeness (QED) is 0.453. The molecule has 0 aliphatic carbocycles. The van der Waals surface area contributed by atoms with Crippen LogP contribution in [0.25, 0.3) is 10.9 Å². The molecule has 2 aromatic heterocycles. The summed E-state index contributed by atoms with van der Waals surface area (Å²) in [4.78, 5) is 28.6. The number of nitrogens with zero attached hydrogens (tertiary/aromatic N) is 3. The Morgan fingerprint density at radius 3 is 2.76 bits per heavy atom. The topological polar surface area (TPSA) is 91.2 Å². The number of aromatic nitrogens is 3. The molecule has 4 rings (SSSR count). The SMILES string of the molecule is Cc1cc(C)nc(SCC2=NC(Cc3cc4ccc(F)cc4[nH]3)(C(=O)O)CS2)n1. The number of carbonyl (C=O) groups is 1. The van der Waals surface area contributed by atoms with Crippen LogP contribution in [0.2, 0.25) is 0 Å². The van der Waals surface area contributed by atoms with Crippen LogP contribution in [0.4, 0.5) is 4.39 Å². The molecular formula is C20H19FN4O2S2. The van der Waals surface area contributed by atoms with Crippen LogP contribution in [-0.4, -0.2) is 48.1 Å². The van der Waals surface area contributed by atoms with Gasteiger partial charge in [0.1, 0.15) is 5.82 Å². The standard InChI is InChI=1S/C20H19FN4O2S2/c1-11-5-12(2)23-19(22-11)28-9-17-25-20(10-29-17,18(26)27)8-15-6-13-3-4-14(21)7-16(13)24-15/h3-7,24H,8-10H2,1-2H3,(H,26,27). The fourth-order valence-electron chi connectivity index (χ4n) is 3.31. The van der Waals surface area contributed by atoms with Crippen LogP contribution >= 0.6 is 23.5 Å². The van der Waals surface area contributed by atoms with E-state index < -0.39 is 11.5 Å². The highest BCUT2D eigenvalue weighted by Crippen LogP contribution is 2.34. The lowest BCUT2D eigenvalue weighted by atomic mass is 9.96. The van der Waals surface area contributed by atoms with Crippen molar-refractivity contribution < 1.29 is 14.3 Å². The van der Waals surface area contributed by atoms with Gasteiger partial charge < -0.3 is 10.1 Å². The summed E-state index contributed by atoms with van der Waals surface area (Å²) in [6.07, 6.45) is 0.222. The third-order valence-corrected chi connectivity index (χ3v) is 6.86. The second kappa shape index (κ2) is 7.79. The Labute approximate surface area is 175 Å². The molecule has 2 N–H and O–H groups in total. The molecule has 0 radical (unpaired) electrons. The minimum absolute atomic E-state index is 0.222. The van der Waals surface area contributed by atoms with Gasteiger partial charge in [0.05, 0.1) is 5.04 Å². The number of nitrogens with one attached hydrogen (secondary N) is 1. The van der Waals surface area contributed by atoms with Crippen LogP contribution in [0.15, 0.2) is 40.5 Å². The van der Waals surface area contributed by atoms with E-state index in [2.05, 4.69) is 19.9 Å². The van der Waals surface area contributed by atoms with Crippen LogP contribution in [0.3, 0.4) is 0 Å². The molecule has 0 bridgehead atoms. The molecular weight excluding hydrogens is 411 g/mol. The van der Waals surface area contributed by atoms with E-state index in [1.807, 2.05) is 26.0 Å². The number of benzene rings is 1. The number of carboxylic acids is 1. The molecule has 9 heteroatoms. The number of carboxylic acid groups (broad SMARTS) is 1. The normalized spacial score (nSPS) is 18.9. The van der Waals surface area contributed by atoms with E-state index in [0.29, 0.717) is 22.2 Å². The number of H-pyrrole nitrogens is 1. The van der Waals surface area contributed by atoms with E-state index in [1.165, 1.54) is 35.7 Å². The van der Waals surface area contributed by atoms with Crippen molar-refractivity contribution in [3.8, 4) is 0 Å². The largest absolute Gasteiger partial charge is 0.479 e. The molecule has 1 aliphatic heterocycles. The van der Waals surface area contributed by atoms with Crippen molar-refractivity contribution in [2.75, 3.05) is 11.5 Å². The van der Waals surface area contributed by atoms with Gasteiger partial charge in [0.2, 0.25) is 0 Å². The Hall–Kier alpha value is -2.39.